The maximum Gasteiger partial charge on any atom is 0.262 e. The van der Waals surface area contributed by atoms with E-state index in [0.29, 0.717) is 0 Å². The maximum atomic E-state index is 12.1. The van der Waals surface area contributed by atoms with E-state index in [2.05, 4.69) is 17.6 Å². The lowest BCUT2D eigenvalue weighted by atomic mass is 10.2. The number of anilines is 1. The topological polar surface area (TPSA) is 50.4 Å². The van der Waals surface area contributed by atoms with Gasteiger partial charge in [-0.25, -0.2) is 0 Å². The van der Waals surface area contributed by atoms with Crippen molar-refractivity contribution in [2.45, 2.75) is 39.7 Å². The van der Waals surface area contributed by atoms with E-state index in [4.69, 9.17) is 4.74 Å². The molecule has 0 aromatic heterocycles. The lowest BCUT2D eigenvalue weighted by Gasteiger charge is -2.12. The molecule has 134 valence electrons. The summed E-state index contributed by atoms with van der Waals surface area (Å²) in [7, 11) is 0. The molecule has 0 aliphatic rings. The van der Waals surface area contributed by atoms with E-state index in [1.807, 2.05) is 55.5 Å². The quantitative estimate of drug-likeness (QED) is 0.634. The van der Waals surface area contributed by atoms with Gasteiger partial charge in [0.05, 0.1) is 0 Å². The zero-order valence-electron chi connectivity index (χ0n) is 15.2. The molecule has 2 aromatic carbocycles. The highest BCUT2D eigenvalue weighted by Gasteiger charge is 2.07. The first-order chi connectivity index (χ1) is 12.2. The molecule has 0 spiro atoms. The first-order valence-electron chi connectivity index (χ1n) is 8.97. The second-order valence-corrected chi connectivity index (χ2v) is 6.19. The number of rotatable bonds is 10. The number of ether oxygens (including phenoxy) is 1. The van der Waals surface area contributed by atoms with Crippen LogP contribution in [0.5, 0.6) is 5.75 Å². The van der Waals surface area contributed by atoms with Gasteiger partial charge in [-0.1, -0.05) is 55.7 Å². The molecule has 4 nitrogen and oxygen atoms in total. The fraction of sp³-hybridized carbons (Fsp3) is 0.381. The summed E-state index contributed by atoms with van der Waals surface area (Å²) in [4.78, 5) is 12.1. The van der Waals surface area contributed by atoms with Crippen LogP contribution in [0.25, 0.3) is 0 Å². The molecule has 0 unspecified atom stereocenters. The predicted molar refractivity (Wildman–Crippen MR) is 103 cm³/mol. The third-order valence-electron chi connectivity index (χ3n) is 3.94. The van der Waals surface area contributed by atoms with Gasteiger partial charge in [0.25, 0.3) is 5.91 Å². The van der Waals surface area contributed by atoms with Crippen LogP contribution in [0.1, 0.15) is 37.3 Å². The third kappa shape index (κ3) is 6.98. The highest BCUT2D eigenvalue weighted by atomic mass is 16.5. The summed E-state index contributed by atoms with van der Waals surface area (Å²) in [5, 5.41) is 6.27. The van der Waals surface area contributed by atoms with Crippen LogP contribution in [-0.2, 0) is 11.3 Å². The van der Waals surface area contributed by atoms with Crippen LogP contribution in [0.2, 0.25) is 0 Å². The van der Waals surface area contributed by atoms with E-state index in [9.17, 15) is 4.79 Å². The normalized spacial score (nSPS) is 10.5. The third-order valence-corrected chi connectivity index (χ3v) is 3.94. The molecule has 0 fully saturated rings. The number of benzene rings is 2. The monoisotopic (exact) mass is 340 g/mol. The maximum absolute atomic E-state index is 12.1. The van der Waals surface area contributed by atoms with Gasteiger partial charge in [-0.2, -0.15) is 0 Å². The fourth-order valence-electron chi connectivity index (χ4n) is 2.49. The lowest BCUT2D eigenvalue weighted by Crippen LogP contribution is -2.21. The Labute approximate surface area is 150 Å². The summed E-state index contributed by atoms with van der Waals surface area (Å²) in [5.41, 5.74) is 3.02. The molecule has 0 bridgehead atoms. The van der Waals surface area contributed by atoms with Gasteiger partial charge >= 0.3 is 0 Å². The molecule has 0 atom stereocenters. The van der Waals surface area contributed by atoms with E-state index in [0.717, 1.165) is 35.7 Å². The number of hydrogen-bond donors (Lipinski definition) is 2. The van der Waals surface area contributed by atoms with Crippen LogP contribution in [-0.4, -0.2) is 19.1 Å². The molecule has 2 rings (SSSR count). The van der Waals surface area contributed by atoms with Crippen LogP contribution in [0.4, 0.5) is 5.69 Å². The molecular weight excluding hydrogens is 312 g/mol. The first kappa shape index (κ1) is 19.0. The van der Waals surface area contributed by atoms with Crippen molar-refractivity contribution in [2.75, 3.05) is 18.5 Å². The summed E-state index contributed by atoms with van der Waals surface area (Å²) in [6, 6.07) is 15.6. The van der Waals surface area contributed by atoms with Crippen LogP contribution in [0.3, 0.4) is 0 Å². The zero-order chi connectivity index (χ0) is 17.9. The van der Waals surface area contributed by atoms with Gasteiger partial charge in [0, 0.05) is 17.8 Å². The molecular formula is C21H28N2O2. The number of unbranched alkanes of at least 4 members (excludes halogenated alkanes) is 2. The second-order valence-electron chi connectivity index (χ2n) is 6.19. The van der Waals surface area contributed by atoms with Crippen molar-refractivity contribution in [1.82, 2.24) is 5.32 Å². The Hall–Kier alpha value is -2.33. The van der Waals surface area contributed by atoms with Crippen LogP contribution >= 0.6 is 0 Å². The Kier molecular flexibility index (Phi) is 7.99. The molecule has 2 aromatic rings. The number of para-hydroxylation sites is 1. The van der Waals surface area contributed by atoms with E-state index < -0.39 is 0 Å². The first-order valence-corrected chi connectivity index (χ1v) is 8.97. The van der Waals surface area contributed by atoms with Gasteiger partial charge in [-0.15, -0.1) is 0 Å². The van der Waals surface area contributed by atoms with Crippen LogP contribution < -0.4 is 15.4 Å². The highest BCUT2D eigenvalue weighted by molar-refractivity contribution is 5.91. The van der Waals surface area contributed by atoms with Gasteiger partial charge in [-0.05, 0) is 38.1 Å². The number of hydrogen-bond acceptors (Lipinski definition) is 3. The average molecular weight is 340 g/mol. The number of carbonyl (C=O) groups excluding carboxylic acids is 1. The molecule has 1 amide bonds. The standard InChI is InChI=1S/C21H28N2O2/c1-3-4-7-14-22-15-18-8-5-6-9-20(18)25-16-21(24)23-19-12-10-17(2)11-13-19/h5-6,8-13,22H,3-4,7,14-16H2,1-2H3,(H,23,24). The predicted octanol–water partition coefficient (Wildman–Crippen LogP) is 4.29. The summed E-state index contributed by atoms with van der Waals surface area (Å²) in [6.45, 7) is 5.96. The second kappa shape index (κ2) is 10.5. The number of carbonyl (C=O) groups is 1. The van der Waals surface area contributed by atoms with Crippen LogP contribution in [0.15, 0.2) is 48.5 Å². The summed E-state index contributed by atoms with van der Waals surface area (Å²) >= 11 is 0. The van der Waals surface area contributed by atoms with Gasteiger partial charge < -0.3 is 15.4 Å². The van der Waals surface area contributed by atoms with Crippen molar-refractivity contribution in [3.63, 3.8) is 0 Å². The summed E-state index contributed by atoms with van der Waals surface area (Å²) < 4.78 is 5.72. The summed E-state index contributed by atoms with van der Waals surface area (Å²) in [5.74, 6) is 0.596. The van der Waals surface area contributed by atoms with E-state index in [1.165, 1.54) is 19.3 Å². The van der Waals surface area contributed by atoms with Crippen molar-refractivity contribution in [2.24, 2.45) is 0 Å². The number of nitrogens with one attached hydrogen (secondary N) is 2. The molecule has 2 N–H and O–H groups in total. The Morgan fingerprint density at radius 2 is 1.80 bits per heavy atom. The molecule has 0 saturated carbocycles. The lowest BCUT2D eigenvalue weighted by molar-refractivity contribution is -0.118. The van der Waals surface area contributed by atoms with E-state index in [1.54, 1.807) is 0 Å². The van der Waals surface area contributed by atoms with E-state index in [-0.39, 0.29) is 12.5 Å². The highest BCUT2D eigenvalue weighted by Crippen LogP contribution is 2.18. The Balaban J connectivity index is 1.81. The Morgan fingerprint density at radius 1 is 1.04 bits per heavy atom. The number of aryl methyl sites for hydroxylation is 1. The van der Waals surface area contributed by atoms with Gasteiger partial charge in [0.2, 0.25) is 0 Å². The van der Waals surface area contributed by atoms with Gasteiger partial charge in [0.15, 0.2) is 6.61 Å². The van der Waals surface area contributed by atoms with Gasteiger partial charge in [-0.3, -0.25) is 4.79 Å². The zero-order valence-corrected chi connectivity index (χ0v) is 15.2. The van der Waals surface area contributed by atoms with Crippen molar-refractivity contribution in [1.29, 1.82) is 0 Å². The SMILES string of the molecule is CCCCCNCc1ccccc1OCC(=O)Nc1ccc(C)cc1. The van der Waals surface area contributed by atoms with Crippen molar-refractivity contribution in [3.05, 3.63) is 59.7 Å². The average Bonchev–Trinajstić information content (AvgIpc) is 2.62. The summed E-state index contributed by atoms with van der Waals surface area (Å²) in [6.07, 6.45) is 3.64. The fourth-order valence-corrected chi connectivity index (χ4v) is 2.49. The van der Waals surface area contributed by atoms with Crippen LogP contribution in [0, 0.1) is 6.92 Å². The van der Waals surface area contributed by atoms with E-state index >= 15 is 0 Å². The Morgan fingerprint density at radius 3 is 2.56 bits per heavy atom. The molecule has 0 heterocycles. The largest absolute Gasteiger partial charge is 0.483 e. The minimum Gasteiger partial charge on any atom is -0.483 e. The van der Waals surface area contributed by atoms with Crippen molar-refractivity contribution < 1.29 is 9.53 Å². The smallest absolute Gasteiger partial charge is 0.262 e. The molecule has 4 heteroatoms. The molecule has 0 saturated heterocycles. The minimum absolute atomic E-state index is 0.000719. The Bertz CT molecular complexity index is 653. The molecule has 25 heavy (non-hydrogen) atoms. The minimum atomic E-state index is -0.158. The molecule has 0 radical (unpaired) electrons. The van der Waals surface area contributed by atoms with Crippen molar-refractivity contribution in [3.8, 4) is 5.75 Å². The molecule has 0 aliphatic heterocycles. The van der Waals surface area contributed by atoms with Crippen molar-refractivity contribution >= 4 is 11.6 Å². The molecule has 0 aliphatic carbocycles. The van der Waals surface area contributed by atoms with Gasteiger partial charge in [0.1, 0.15) is 5.75 Å². The number of amides is 1.